The first-order chi connectivity index (χ1) is 14.1. The second-order valence-corrected chi connectivity index (χ2v) is 8.22. The van der Waals surface area contributed by atoms with Gasteiger partial charge < -0.3 is 0 Å². The smallest absolute Gasteiger partial charge is 0.146 e. The van der Waals surface area contributed by atoms with Crippen molar-refractivity contribution in [2.24, 2.45) is 0 Å². The Bertz CT molecular complexity index is 1310. The van der Waals surface area contributed by atoms with E-state index in [-0.39, 0.29) is 0 Å². The summed E-state index contributed by atoms with van der Waals surface area (Å²) in [5.74, 6) is 0.879. The molecule has 0 aliphatic heterocycles. The largest absolute Gasteiger partial charge is 0.299 e. The van der Waals surface area contributed by atoms with Crippen molar-refractivity contribution in [3.05, 3.63) is 83.1 Å². The Morgan fingerprint density at radius 2 is 1.76 bits per heavy atom. The summed E-state index contributed by atoms with van der Waals surface area (Å²) in [7, 11) is 0. The van der Waals surface area contributed by atoms with E-state index < -0.39 is 0 Å². The zero-order chi connectivity index (χ0) is 20.0. The molecule has 4 nitrogen and oxygen atoms in total. The van der Waals surface area contributed by atoms with Crippen molar-refractivity contribution < 1.29 is 0 Å². The van der Waals surface area contributed by atoms with Crippen LogP contribution in [0.1, 0.15) is 16.7 Å². The van der Waals surface area contributed by atoms with E-state index >= 15 is 0 Å². The van der Waals surface area contributed by atoms with Gasteiger partial charge in [0.2, 0.25) is 0 Å². The lowest BCUT2D eigenvalue weighted by Crippen LogP contribution is -2.03. The van der Waals surface area contributed by atoms with Gasteiger partial charge in [-0.3, -0.25) is 9.55 Å². The minimum atomic E-state index is 0.864. The van der Waals surface area contributed by atoms with Crippen molar-refractivity contribution in [2.75, 3.05) is 0 Å². The average molecular weight is 397 g/mol. The molecule has 2 aromatic carbocycles. The van der Waals surface area contributed by atoms with Crippen molar-refractivity contribution in [2.45, 2.75) is 20.8 Å². The van der Waals surface area contributed by atoms with Crippen LogP contribution in [-0.4, -0.2) is 19.5 Å². The lowest BCUT2D eigenvalue weighted by atomic mass is 10.0. The molecule has 0 fully saturated rings. The molecular weight excluding hydrogens is 376 g/mol. The number of nitrogens with zero attached hydrogens (tertiary/aromatic N) is 4. The molecule has 0 radical (unpaired) electrons. The molecule has 5 aromatic rings. The lowest BCUT2D eigenvalue weighted by Gasteiger charge is -2.15. The van der Waals surface area contributed by atoms with Crippen molar-refractivity contribution >= 4 is 22.4 Å². The highest BCUT2D eigenvalue weighted by atomic mass is 32.1. The lowest BCUT2D eigenvalue weighted by molar-refractivity contribution is 1.03. The van der Waals surface area contributed by atoms with E-state index in [1.54, 1.807) is 11.3 Å². The predicted octanol–water partition coefficient (Wildman–Crippen LogP) is 6.14. The number of hydrogen-bond donors (Lipinski definition) is 0. The molecule has 5 rings (SSSR count). The molecule has 0 aliphatic rings. The molecule has 0 unspecified atom stereocenters. The molecule has 0 atom stereocenters. The van der Waals surface area contributed by atoms with Gasteiger partial charge in [0.05, 0.1) is 33.5 Å². The van der Waals surface area contributed by atoms with Gasteiger partial charge in [0.1, 0.15) is 5.82 Å². The molecule has 0 spiro atoms. The van der Waals surface area contributed by atoms with Crippen molar-refractivity contribution in [1.29, 1.82) is 0 Å². The highest BCUT2D eigenvalue weighted by Gasteiger charge is 2.16. The summed E-state index contributed by atoms with van der Waals surface area (Å²) in [5.41, 5.74) is 8.52. The van der Waals surface area contributed by atoms with Crippen molar-refractivity contribution in [3.8, 4) is 27.6 Å². The average Bonchev–Trinajstić information content (AvgIpc) is 3.39. The third-order valence-electron chi connectivity index (χ3n) is 5.10. The quantitative estimate of drug-likeness (QED) is 0.368. The van der Waals surface area contributed by atoms with Crippen molar-refractivity contribution in [3.63, 3.8) is 0 Å². The van der Waals surface area contributed by atoms with Gasteiger partial charge in [-0.05, 0) is 55.5 Å². The zero-order valence-electron chi connectivity index (χ0n) is 16.5. The molecule has 0 saturated heterocycles. The maximum atomic E-state index is 4.85. The van der Waals surface area contributed by atoms with E-state index in [1.807, 2.05) is 36.8 Å². The summed E-state index contributed by atoms with van der Waals surface area (Å²) in [5, 5.41) is 2.06. The first kappa shape index (κ1) is 17.8. The molecule has 3 heterocycles. The minimum Gasteiger partial charge on any atom is -0.299 e. The fourth-order valence-electron chi connectivity index (χ4n) is 4.00. The SMILES string of the molecule is Cc1cc(C)c(-n2ccnc2-c2cccc3nc(-c4cccs4)cnc23)c(C)c1. The van der Waals surface area contributed by atoms with Crippen LogP contribution < -0.4 is 0 Å². The zero-order valence-corrected chi connectivity index (χ0v) is 17.4. The molecule has 0 N–H and O–H groups in total. The molecule has 29 heavy (non-hydrogen) atoms. The van der Waals surface area contributed by atoms with Crippen LogP contribution in [0.4, 0.5) is 0 Å². The number of rotatable bonds is 3. The van der Waals surface area contributed by atoms with Crippen LogP contribution in [0.5, 0.6) is 0 Å². The number of thiophene rings is 1. The van der Waals surface area contributed by atoms with Gasteiger partial charge >= 0.3 is 0 Å². The molecule has 0 bridgehead atoms. The topological polar surface area (TPSA) is 43.6 Å². The van der Waals surface area contributed by atoms with Gasteiger partial charge in [-0.2, -0.15) is 0 Å². The van der Waals surface area contributed by atoms with E-state index in [0.717, 1.165) is 33.0 Å². The number of fused-ring (bicyclic) bond motifs is 1. The van der Waals surface area contributed by atoms with Gasteiger partial charge in [0, 0.05) is 18.0 Å². The standard InChI is InChI=1S/C24H20N4S/c1-15-12-16(2)23(17(3)13-15)28-10-9-25-24(28)18-6-4-7-19-22(18)26-14-20(27-19)21-8-5-11-29-21/h4-14H,1-3H3. The van der Waals surface area contributed by atoms with Crippen LogP contribution in [0.15, 0.2) is 66.4 Å². The van der Waals surface area contributed by atoms with E-state index in [1.165, 1.54) is 22.4 Å². The van der Waals surface area contributed by atoms with Gasteiger partial charge in [-0.25, -0.2) is 9.97 Å². The molecule has 142 valence electrons. The number of aryl methyl sites for hydroxylation is 3. The maximum Gasteiger partial charge on any atom is 0.146 e. The summed E-state index contributed by atoms with van der Waals surface area (Å²) in [6.45, 7) is 6.43. The Morgan fingerprint density at radius 3 is 2.52 bits per heavy atom. The predicted molar refractivity (Wildman–Crippen MR) is 120 cm³/mol. The third kappa shape index (κ3) is 3.04. The van der Waals surface area contributed by atoms with Gasteiger partial charge in [-0.1, -0.05) is 29.8 Å². The normalized spacial score (nSPS) is 11.3. The molecular formula is C24H20N4S. The first-order valence-corrected chi connectivity index (χ1v) is 10.4. The van der Waals surface area contributed by atoms with Crippen LogP contribution in [0.2, 0.25) is 0 Å². The fraction of sp³-hybridized carbons (Fsp3) is 0.125. The maximum absolute atomic E-state index is 4.85. The number of para-hydroxylation sites is 1. The van der Waals surface area contributed by atoms with Crippen LogP contribution in [-0.2, 0) is 0 Å². The summed E-state index contributed by atoms with van der Waals surface area (Å²) in [6.07, 6.45) is 5.72. The summed E-state index contributed by atoms with van der Waals surface area (Å²) >= 11 is 1.67. The Labute approximate surface area is 173 Å². The molecule has 3 aromatic heterocycles. The summed E-state index contributed by atoms with van der Waals surface area (Å²) < 4.78 is 2.16. The molecule has 0 amide bonds. The Hall–Kier alpha value is -3.31. The molecule has 5 heteroatoms. The van der Waals surface area contributed by atoms with Gasteiger partial charge in [-0.15, -0.1) is 11.3 Å². The van der Waals surface area contributed by atoms with Gasteiger partial charge in [0.15, 0.2) is 0 Å². The van der Waals surface area contributed by atoms with E-state index in [9.17, 15) is 0 Å². The minimum absolute atomic E-state index is 0.864. The number of benzene rings is 2. The van der Waals surface area contributed by atoms with Gasteiger partial charge in [0.25, 0.3) is 0 Å². The third-order valence-corrected chi connectivity index (χ3v) is 6.00. The van der Waals surface area contributed by atoms with E-state index in [4.69, 9.17) is 9.97 Å². The van der Waals surface area contributed by atoms with Crippen molar-refractivity contribution in [1.82, 2.24) is 19.5 Å². The first-order valence-electron chi connectivity index (χ1n) is 9.53. The Morgan fingerprint density at radius 1 is 0.931 bits per heavy atom. The second kappa shape index (κ2) is 6.94. The summed E-state index contributed by atoms with van der Waals surface area (Å²) in [6, 6.07) is 14.6. The Balaban J connectivity index is 1.70. The summed E-state index contributed by atoms with van der Waals surface area (Å²) in [4.78, 5) is 15.4. The second-order valence-electron chi connectivity index (χ2n) is 7.27. The fourth-order valence-corrected chi connectivity index (χ4v) is 4.68. The monoisotopic (exact) mass is 396 g/mol. The molecule has 0 saturated carbocycles. The van der Waals surface area contributed by atoms with Crippen LogP contribution in [0, 0.1) is 20.8 Å². The number of aromatic nitrogens is 4. The van der Waals surface area contributed by atoms with E-state index in [0.29, 0.717) is 0 Å². The number of imidazole rings is 1. The van der Waals surface area contributed by atoms with Crippen LogP contribution >= 0.6 is 11.3 Å². The van der Waals surface area contributed by atoms with Crippen LogP contribution in [0.25, 0.3) is 38.7 Å². The highest BCUT2D eigenvalue weighted by Crippen LogP contribution is 2.31. The highest BCUT2D eigenvalue weighted by molar-refractivity contribution is 7.13. The van der Waals surface area contributed by atoms with E-state index in [2.05, 4.69) is 60.0 Å². The Kier molecular flexibility index (Phi) is 4.25. The number of hydrogen-bond acceptors (Lipinski definition) is 4. The van der Waals surface area contributed by atoms with Crippen LogP contribution in [0.3, 0.4) is 0 Å². The molecule has 0 aliphatic carbocycles.